The van der Waals surface area contributed by atoms with E-state index >= 15 is 0 Å². The Morgan fingerprint density at radius 3 is 1.61 bits per heavy atom. The zero-order valence-electron chi connectivity index (χ0n) is 17.4. The fourth-order valence-electron chi connectivity index (χ4n) is 4.02. The van der Waals surface area contributed by atoms with Gasteiger partial charge in [-0.05, 0) is 0 Å². The predicted octanol–water partition coefficient (Wildman–Crippen LogP) is 5.10. The molecule has 31 heavy (non-hydrogen) atoms. The van der Waals surface area contributed by atoms with Crippen molar-refractivity contribution in [3.8, 4) is 0 Å². The Morgan fingerprint density at radius 2 is 1.19 bits per heavy atom. The number of carbonyl (C=O) groups excluding carboxylic acids is 1. The number of benzene rings is 3. The van der Waals surface area contributed by atoms with E-state index in [1.807, 2.05) is 24.3 Å². The van der Waals surface area contributed by atoms with E-state index in [1.165, 1.54) is 15.9 Å². The molecule has 4 rings (SSSR count). The molecule has 0 saturated heterocycles. The summed E-state index contributed by atoms with van der Waals surface area (Å²) in [7, 11) is -2.45. The normalized spacial score (nSPS) is 11.4. The molecule has 0 fully saturated rings. The zero-order valence-corrected chi connectivity index (χ0v) is 19.2. The number of ether oxygens (including phenoxy) is 1. The molecular weight excluding hydrogens is 427 g/mol. The Balaban J connectivity index is 0.00000272. The second-order valence-electron chi connectivity index (χ2n) is 7.17. The van der Waals surface area contributed by atoms with Gasteiger partial charge in [0.25, 0.3) is 0 Å². The van der Waals surface area contributed by atoms with E-state index in [0.29, 0.717) is 12.8 Å². The molecule has 0 aliphatic rings. The monoisotopic (exact) mass is 452 g/mol. The molecular formula is C26H26ClO3P. The second kappa shape index (κ2) is 10.4. The summed E-state index contributed by atoms with van der Waals surface area (Å²) in [5.74, 6) is 0.625. The largest absolute Gasteiger partial charge is 0.147 e. The first-order valence-corrected chi connectivity index (χ1v) is 12.4. The minimum atomic E-state index is -2.45. The number of hydrogen-bond acceptors (Lipinski definition) is 3. The van der Waals surface area contributed by atoms with Crippen molar-refractivity contribution in [3.63, 3.8) is 0 Å². The molecule has 0 saturated carbocycles. The Morgan fingerprint density at radius 1 is 0.742 bits per heavy atom. The van der Waals surface area contributed by atoms with Crippen LogP contribution >= 0.6 is 19.7 Å². The van der Waals surface area contributed by atoms with Crippen molar-refractivity contribution in [1.29, 1.82) is 0 Å². The molecule has 0 radical (unpaired) electrons. The van der Waals surface area contributed by atoms with Gasteiger partial charge in [-0.15, -0.1) is 12.4 Å². The van der Waals surface area contributed by atoms with E-state index in [0.717, 1.165) is 5.76 Å². The van der Waals surface area contributed by atoms with Gasteiger partial charge in [-0.25, -0.2) is 0 Å². The van der Waals surface area contributed by atoms with Crippen LogP contribution in [0.25, 0.3) is 0 Å². The van der Waals surface area contributed by atoms with Crippen LogP contribution in [0.4, 0.5) is 0 Å². The van der Waals surface area contributed by atoms with Gasteiger partial charge in [-0.1, -0.05) is 0 Å². The maximum atomic E-state index is 12.1. The van der Waals surface area contributed by atoms with E-state index in [2.05, 4.69) is 72.8 Å². The van der Waals surface area contributed by atoms with Crippen LogP contribution in [0.5, 0.6) is 0 Å². The molecule has 0 bridgehead atoms. The van der Waals surface area contributed by atoms with Crippen molar-refractivity contribution in [1.82, 2.24) is 0 Å². The summed E-state index contributed by atoms with van der Waals surface area (Å²) in [5, 5.41) is 3.91. The molecule has 3 nitrogen and oxygen atoms in total. The van der Waals surface area contributed by atoms with Gasteiger partial charge in [0.2, 0.25) is 0 Å². The van der Waals surface area contributed by atoms with E-state index in [1.54, 1.807) is 13.0 Å². The topological polar surface area (TPSA) is 39.4 Å². The molecule has 1 heterocycles. The molecule has 4 aromatic rings. The van der Waals surface area contributed by atoms with Gasteiger partial charge >= 0.3 is 177 Å². The molecule has 0 amide bonds. The van der Waals surface area contributed by atoms with Crippen LogP contribution in [-0.4, -0.2) is 12.6 Å². The van der Waals surface area contributed by atoms with Crippen LogP contribution in [0.15, 0.2) is 108 Å². The first-order chi connectivity index (χ1) is 14.7. The van der Waals surface area contributed by atoms with Crippen LogP contribution in [0.3, 0.4) is 0 Å². The summed E-state index contributed by atoms with van der Waals surface area (Å²) >= 11 is 0. The van der Waals surface area contributed by atoms with E-state index in [4.69, 9.17) is 9.15 Å². The third-order valence-corrected chi connectivity index (χ3v) is 10.2. The van der Waals surface area contributed by atoms with Crippen LogP contribution < -0.4 is 15.9 Å². The first-order valence-electron chi connectivity index (χ1n) is 10.2. The van der Waals surface area contributed by atoms with E-state index < -0.39 is 13.2 Å². The average molecular weight is 453 g/mol. The number of furan rings is 1. The number of hydrogen-bond donors (Lipinski definition) is 0. The van der Waals surface area contributed by atoms with Crippen LogP contribution in [0.2, 0.25) is 0 Å². The van der Waals surface area contributed by atoms with Crippen molar-refractivity contribution in [2.24, 2.45) is 0 Å². The van der Waals surface area contributed by atoms with Gasteiger partial charge in [0, 0.05) is 0 Å². The maximum Gasteiger partial charge on any atom is -0.147 e. The predicted molar refractivity (Wildman–Crippen MR) is 132 cm³/mol. The Bertz CT molecular complexity index is 999. The smallest absolute Gasteiger partial charge is 0.147 e. The van der Waals surface area contributed by atoms with Gasteiger partial charge in [0.1, 0.15) is 0 Å². The second-order valence-corrected chi connectivity index (χ2v) is 11.1. The third kappa shape index (κ3) is 4.74. The molecule has 0 unspecified atom stereocenters. The van der Waals surface area contributed by atoms with Gasteiger partial charge in [-0.3, -0.25) is 0 Å². The molecule has 160 valence electrons. The molecule has 0 N–H and O–H groups in total. The Hall–Kier alpha value is -2.87. The van der Waals surface area contributed by atoms with Crippen molar-refractivity contribution >= 4 is 41.6 Å². The van der Waals surface area contributed by atoms with Gasteiger partial charge < -0.3 is 0 Å². The maximum absolute atomic E-state index is 12.1. The SMILES string of the molecule is CCOC(=O)c1ccc(C[PH](c2ccccc2)(c2ccccc2)c2ccccc2)o1.Cl. The van der Waals surface area contributed by atoms with Gasteiger partial charge in [0.15, 0.2) is 0 Å². The number of carbonyl (C=O) groups is 1. The van der Waals surface area contributed by atoms with Gasteiger partial charge in [0.05, 0.1) is 0 Å². The van der Waals surface area contributed by atoms with Crippen LogP contribution in [0, 0.1) is 0 Å². The first kappa shape index (κ1) is 22.8. The number of esters is 1. The van der Waals surface area contributed by atoms with E-state index in [-0.39, 0.29) is 18.2 Å². The van der Waals surface area contributed by atoms with Crippen molar-refractivity contribution < 1.29 is 13.9 Å². The minimum Gasteiger partial charge on any atom is -0.147 e. The fourth-order valence-corrected chi connectivity index (χ4v) is 8.63. The molecule has 0 aliphatic carbocycles. The van der Waals surface area contributed by atoms with Crippen molar-refractivity contribution in [3.05, 3.63) is 115 Å². The summed E-state index contributed by atoms with van der Waals surface area (Å²) in [6, 6.07) is 35.6. The van der Waals surface area contributed by atoms with Crippen LogP contribution in [0.1, 0.15) is 23.2 Å². The standard InChI is InChI=1S/C26H25O3P.ClH/c1-2-28-26(27)25-19-18-21(29-25)20-30(22-12-6-3-7-13-22,23-14-8-4-9-15-23)24-16-10-5-11-17-24;/h3-19,30H,2,20H2,1H3;1H. The molecule has 1 aromatic heterocycles. The minimum absolute atomic E-state index is 0. The Labute approximate surface area is 189 Å². The Kier molecular flexibility index (Phi) is 7.68. The molecule has 0 aliphatic heterocycles. The third-order valence-electron chi connectivity index (χ3n) is 5.38. The summed E-state index contributed by atoms with van der Waals surface area (Å²) < 4.78 is 11.1. The van der Waals surface area contributed by atoms with Crippen molar-refractivity contribution in [2.75, 3.05) is 6.61 Å². The summed E-state index contributed by atoms with van der Waals surface area (Å²) in [4.78, 5) is 12.1. The quantitative estimate of drug-likeness (QED) is 0.289. The average Bonchev–Trinajstić information content (AvgIpc) is 3.28. The molecule has 3 aromatic carbocycles. The molecule has 5 heteroatoms. The van der Waals surface area contributed by atoms with E-state index in [9.17, 15) is 4.79 Å². The molecule has 0 atom stereocenters. The van der Waals surface area contributed by atoms with Crippen LogP contribution in [-0.2, 0) is 10.9 Å². The van der Waals surface area contributed by atoms with Gasteiger partial charge in [-0.2, -0.15) is 0 Å². The number of halogens is 1. The summed E-state index contributed by atoms with van der Waals surface area (Å²) in [6.45, 7) is 2.12. The summed E-state index contributed by atoms with van der Waals surface area (Å²) in [6.07, 6.45) is 0.713. The zero-order chi connectivity index (χ0) is 20.8. The summed E-state index contributed by atoms with van der Waals surface area (Å²) in [5.41, 5.74) is 0. The fraction of sp³-hybridized carbons (Fsp3) is 0.115. The molecule has 0 spiro atoms. The number of rotatable bonds is 7. The van der Waals surface area contributed by atoms with Crippen molar-refractivity contribution in [2.45, 2.75) is 13.1 Å².